The zero-order valence-electron chi connectivity index (χ0n) is 13.2. The van der Waals surface area contributed by atoms with Crippen LogP contribution in [0.1, 0.15) is 10.4 Å². The fourth-order valence-corrected chi connectivity index (χ4v) is 2.78. The van der Waals surface area contributed by atoms with Crippen molar-refractivity contribution in [1.29, 1.82) is 0 Å². The molecule has 0 saturated heterocycles. The molecule has 0 bridgehead atoms. The molecule has 1 aliphatic heterocycles. The molecule has 0 saturated carbocycles. The highest BCUT2D eigenvalue weighted by Crippen LogP contribution is 2.30. The van der Waals surface area contributed by atoms with Gasteiger partial charge in [-0.25, -0.2) is 4.79 Å². The topological polar surface area (TPSA) is 77.8 Å². The zero-order chi connectivity index (χ0) is 17.2. The number of ether oxygens (including phenoxy) is 2. The Labute approximate surface area is 143 Å². The monoisotopic (exact) mass is 337 g/mol. The van der Waals surface area contributed by atoms with Crippen LogP contribution in [-0.2, 0) is 0 Å². The van der Waals surface area contributed by atoms with Crippen molar-refractivity contribution in [3.63, 3.8) is 0 Å². The molecule has 1 atom stereocenters. The summed E-state index contributed by atoms with van der Waals surface area (Å²) in [6.45, 7) is 0.628. The van der Waals surface area contributed by atoms with E-state index in [4.69, 9.17) is 13.9 Å². The van der Waals surface area contributed by atoms with Gasteiger partial charge < -0.3 is 19.2 Å². The van der Waals surface area contributed by atoms with Crippen LogP contribution in [-0.4, -0.2) is 25.2 Å². The summed E-state index contributed by atoms with van der Waals surface area (Å²) < 4.78 is 16.4. The van der Waals surface area contributed by atoms with Crippen LogP contribution in [0.5, 0.6) is 11.5 Å². The minimum Gasteiger partial charge on any atom is -0.486 e. The number of carbonyl (C=O) groups excluding carboxylic acids is 1. The van der Waals surface area contributed by atoms with Crippen molar-refractivity contribution < 1.29 is 18.7 Å². The average molecular weight is 337 g/mol. The van der Waals surface area contributed by atoms with Gasteiger partial charge in [0.2, 0.25) is 0 Å². The van der Waals surface area contributed by atoms with Crippen LogP contribution in [0.2, 0.25) is 0 Å². The van der Waals surface area contributed by atoms with Crippen molar-refractivity contribution in [3.05, 3.63) is 70.8 Å². The van der Waals surface area contributed by atoms with Gasteiger partial charge in [-0.2, -0.15) is 0 Å². The maximum absolute atomic E-state index is 12.5. The molecular weight excluding hydrogens is 322 g/mol. The number of hydrogen-bond acceptors (Lipinski definition) is 5. The van der Waals surface area contributed by atoms with Crippen LogP contribution in [0.3, 0.4) is 0 Å². The standard InChI is InChI=1S/C19H15NO5/c21-18(15-11-24-19(22)14-6-2-1-5-13(14)15)20-9-12-10-23-16-7-3-4-8-17(16)25-12/h1-8,11-12H,9-10H2,(H,20,21). The summed E-state index contributed by atoms with van der Waals surface area (Å²) >= 11 is 0. The molecule has 126 valence electrons. The first kappa shape index (κ1) is 15.3. The maximum atomic E-state index is 12.5. The molecule has 6 heteroatoms. The van der Waals surface area contributed by atoms with Gasteiger partial charge in [-0.05, 0) is 18.2 Å². The first-order valence-electron chi connectivity index (χ1n) is 7.89. The molecule has 3 aromatic rings. The maximum Gasteiger partial charge on any atom is 0.343 e. The number of rotatable bonds is 3. The van der Waals surface area contributed by atoms with Gasteiger partial charge in [0.15, 0.2) is 11.5 Å². The first-order valence-corrected chi connectivity index (χ1v) is 7.89. The highest BCUT2D eigenvalue weighted by atomic mass is 16.6. The van der Waals surface area contributed by atoms with Gasteiger partial charge >= 0.3 is 5.63 Å². The van der Waals surface area contributed by atoms with Gasteiger partial charge in [-0.3, -0.25) is 4.79 Å². The molecule has 1 unspecified atom stereocenters. The van der Waals surface area contributed by atoms with Gasteiger partial charge in [0.05, 0.1) is 17.5 Å². The number of carbonyl (C=O) groups is 1. The smallest absolute Gasteiger partial charge is 0.343 e. The van der Waals surface area contributed by atoms with Crippen LogP contribution in [0.15, 0.2) is 64.0 Å². The lowest BCUT2D eigenvalue weighted by atomic mass is 10.1. The molecule has 1 aliphatic rings. The van der Waals surface area contributed by atoms with E-state index >= 15 is 0 Å². The molecular formula is C19H15NO5. The third kappa shape index (κ3) is 2.94. The summed E-state index contributed by atoms with van der Waals surface area (Å²) in [4.78, 5) is 24.2. The lowest BCUT2D eigenvalue weighted by Gasteiger charge is -2.26. The third-order valence-corrected chi connectivity index (χ3v) is 4.02. The van der Waals surface area contributed by atoms with Gasteiger partial charge in [0.25, 0.3) is 5.91 Å². The van der Waals surface area contributed by atoms with Crippen molar-refractivity contribution in [1.82, 2.24) is 5.32 Å². The van der Waals surface area contributed by atoms with Gasteiger partial charge in [0, 0.05) is 5.39 Å². The van der Waals surface area contributed by atoms with Crippen LogP contribution in [0.4, 0.5) is 0 Å². The number of fused-ring (bicyclic) bond motifs is 2. The quantitative estimate of drug-likeness (QED) is 0.794. The van der Waals surface area contributed by atoms with Crippen molar-refractivity contribution >= 4 is 16.7 Å². The molecule has 25 heavy (non-hydrogen) atoms. The SMILES string of the molecule is O=C(NCC1COc2ccccc2O1)c1coc(=O)c2ccccc12. The molecule has 1 amide bonds. The Bertz CT molecular complexity index is 994. The summed E-state index contributed by atoms with van der Waals surface area (Å²) in [5, 5.41) is 3.74. The normalized spacial score (nSPS) is 15.8. The second-order valence-corrected chi connectivity index (χ2v) is 5.69. The van der Waals surface area contributed by atoms with Crippen molar-refractivity contribution in [2.75, 3.05) is 13.2 Å². The summed E-state index contributed by atoms with van der Waals surface area (Å²) in [6.07, 6.45) is 0.897. The van der Waals surface area contributed by atoms with E-state index in [1.807, 2.05) is 24.3 Å². The summed E-state index contributed by atoms with van der Waals surface area (Å²) in [7, 11) is 0. The Morgan fingerprint density at radius 3 is 2.60 bits per heavy atom. The Morgan fingerprint density at radius 2 is 1.76 bits per heavy atom. The molecule has 1 aromatic heterocycles. The predicted molar refractivity (Wildman–Crippen MR) is 91.2 cm³/mol. The molecule has 4 rings (SSSR count). The second kappa shape index (κ2) is 6.32. The number of nitrogens with one attached hydrogen (secondary N) is 1. The van der Waals surface area contributed by atoms with Gasteiger partial charge in [0.1, 0.15) is 19.0 Å². The molecule has 2 heterocycles. The Morgan fingerprint density at radius 1 is 1.04 bits per heavy atom. The number of para-hydroxylation sites is 2. The molecule has 2 aromatic carbocycles. The van der Waals surface area contributed by atoms with Crippen LogP contribution in [0, 0.1) is 0 Å². The highest BCUT2D eigenvalue weighted by Gasteiger charge is 2.22. The first-order chi connectivity index (χ1) is 12.2. The van der Waals surface area contributed by atoms with Crippen molar-refractivity contribution in [3.8, 4) is 11.5 Å². The molecule has 0 aliphatic carbocycles. The fourth-order valence-electron chi connectivity index (χ4n) is 2.78. The van der Waals surface area contributed by atoms with Crippen LogP contribution >= 0.6 is 0 Å². The number of amides is 1. The van der Waals surface area contributed by atoms with E-state index in [0.717, 1.165) is 0 Å². The lowest BCUT2D eigenvalue weighted by molar-refractivity contribution is 0.0789. The van der Waals surface area contributed by atoms with E-state index < -0.39 is 5.63 Å². The fraction of sp³-hybridized carbons (Fsp3) is 0.158. The second-order valence-electron chi connectivity index (χ2n) is 5.69. The predicted octanol–water partition coefficient (Wildman–Crippen LogP) is 2.36. The summed E-state index contributed by atoms with van der Waals surface area (Å²) in [6, 6.07) is 14.2. The van der Waals surface area contributed by atoms with E-state index in [2.05, 4.69) is 5.32 Å². The third-order valence-electron chi connectivity index (χ3n) is 4.02. The van der Waals surface area contributed by atoms with E-state index in [1.54, 1.807) is 24.3 Å². The van der Waals surface area contributed by atoms with Crippen molar-refractivity contribution in [2.24, 2.45) is 0 Å². The average Bonchev–Trinajstić information content (AvgIpc) is 2.66. The number of hydrogen-bond donors (Lipinski definition) is 1. The highest BCUT2D eigenvalue weighted by molar-refractivity contribution is 6.06. The summed E-state index contributed by atoms with van der Waals surface area (Å²) in [5.74, 6) is 1.02. The van der Waals surface area contributed by atoms with E-state index in [9.17, 15) is 9.59 Å². The minimum absolute atomic E-state index is 0.278. The molecule has 0 radical (unpaired) electrons. The molecule has 0 spiro atoms. The number of benzene rings is 2. The van der Waals surface area contributed by atoms with E-state index in [0.29, 0.717) is 34.4 Å². The Balaban J connectivity index is 1.49. The van der Waals surface area contributed by atoms with Gasteiger partial charge in [-0.1, -0.05) is 30.3 Å². The molecule has 0 fully saturated rings. The van der Waals surface area contributed by atoms with Crippen LogP contribution < -0.4 is 20.4 Å². The van der Waals surface area contributed by atoms with Gasteiger partial charge in [-0.15, -0.1) is 0 Å². The molecule has 1 N–H and O–H groups in total. The van der Waals surface area contributed by atoms with E-state index in [1.165, 1.54) is 6.26 Å². The largest absolute Gasteiger partial charge is 0.486 e. The Hall–Kier alpha value is -3.28. The molecule has 6 nitrogen and oxygen atoms in total. The van der Waals surface area contributed by atoms with Crippen molar-refractivity contribution in [2.45, 2.75) is 6.10 Å². The minimum atomic E-state index is -0.465. The Kier molecular flexibility index (Phi) is 3.85. The zero-order valence-corrected chi connectivity index (χ0v) is 13.2. The van der Waals surface area contributed by atoms with Crippen LogP contribution in [0.25, 0.3) is 10.8 Å². The van der Waals surface area contributed by atoms with E-state index in [-0.39, 0.29) is 18.6 Å². The summed E-state index contributed by atoms with van der Waals surface area (Å²) in [5.41, 5.74) is -0.153. The lowest BCUT2D eigenvalue weighted by Crippen LogP contribution is -2.40.